The molecule has 150 valence electrons. The number of hydrazine groups is 1. The number of benzene rings is 1. The quantitative estimate of drug-likeness (QED) is 0.660. The zero-order chi connectivity index (χ0) is 19.7. The molecule has 0 atom stereocenters. The summed E-state index contributed by atoms with van der Waals surface area (Å²) >= 11 is 5.85. The molecule has 4 aliphatic carbocycles. The van der Waals surface area contributed by atoms with Crippen LogP contribution in [-0.2, 0) is 9.59 Å². The van der Waals surface area contributed by atoms with E-state index in [4.69, 9.17) is 11.6 Å². The first-order chi connectivity index (χ1) is 13.4. The Hall–Kier alpha value is -2.08. The Balaban J connectivity index is 1.20. The van der Waals surface area contributed by atoms with Crippen LogP contribution in [0.4, 0.5) is 0 Å². The molecule has 4 fully saturated rings. The molecule has 3 amide bonds. The maximum atomic E-state index is 12.8. The number of halogens is 1. The molecule has 0 aromatic heterocycles. The van der Waals surface area contributed by atoms with Crippen molar-refractivity contribution in [1.82, 2.24) is 16.2 Å². The summed E-state index contributed by atoms with van der Waals surface area (Å²) in [6, 6.07) is 6.47. The van der Waals surface area contributed by atoms with Crippen molar-refractivity contribution in [1.29, 1.82) is 0 Å². The lowest BCUT2D eigenvalue weighted by Gasteiger charge is -2.55. The van der Waals surface area contributed by atoms with E-state index in [1.807, 2.05) is 0 Å². The first-order valence-corrected chi connectivity index (χ1v) is 10.4. The van der Waals surface area contributed by atoms with Crippen molar-refractivity contribution in [2.75, 3.05) is 6.54 Å². The molecule has 1 aromatic carbocycles. The highest BCUT2D eigenvalue weighted by molar-refractivity contribution is 6.30. The molecule has 4 bridgehead atoms. The highest BCUT2D eigenvalue weighted by atomic mass is 35.5. The summed E-state index contributed by atoms with van der Waals surface area (Å²) in [6.45, 7) is 0.277. The van der Waals surface area contributed by atoms with Gasteiger partial charge in [0.05, 0.1) is 0 Å². The van der Waals surface area contributed by atoms with Gasteiger partial charge in [0, 0.05) is 29.0 Å². The molecule has 0 heterocycles. The average molecular weight is 404 g/mol. The van der Waals surface area contributed by atoms with E-state index in [0.29, 0.717) is 28.3 Å². The van der Waals surface area contributed by atoms with Crippen LogP contribution in [0.25, 0.3) is 0 Å². The molecule has 0 radical (unpaired) electrons. The molecule has 3 N–H and O–H groups in total. The van der Waals surface area contributed by atoms with Crippen LogP contribution < -0.4 is 16.2 Å². The number of hydrogen-bond donors (Lipinski definition) is 3. The van der Waals surface area contributed by atoms with Gasteiger partial charge in [-0.15, -0.1) is 0 Å². The Morgan fingerprint density at radius 3 is 2.25 bits per heavy atom. The van der Waals surface area contributed by atoms with Crippen LogP contribution in [0, 0.1) is 23.2 Å². The number of rotatable bonds is 5. The van der Waals surface area contributed by atoms with Crippen molar-refractivity contribution in [2.24, 2.45) is 23.2 Å². The summed E-state index contributed by atoms with van der Waals surface area (Å²) in [5, 5.41) is 3.42. The van der Waals surface area contributed by atoms with Crippen molar-refractivity contribution in [3.05, 3.63) is 34.9 Å². The van der Waals surface area contributed by atoms with E-state index in [2.05, 4.69) is 16.2 Å². The minimum atomic E-state index is -0.437. The summed E-state index contributed by atoms with van der Waals surface area (Å²) < 4.78 is 0. The van der Waals surface area contributed by atoms with E-state index in [-0.39, 0.29) is 30.2 Å². The molecule has 5 rings (SSSR count). The Bertz CT molecular complexity index is 760. The van der Waals surface area contributed by atoms with E-state index in [9.17, 15) is 14.4 Å². The van der Waals surface area contributed by atoms with Crippen molar-refractivity contribution in [3.63, 3.8) is 0 Å². The van der Waals surface area contributed by atoms with Gasteiger partial charge in [-0.25, -0.2) is 0 Å². The molecular formula is C21H26ClN3O3. The molecular weight excluding hydrogens is 378 g/mol. The monoisotopic (exact) mass is 403 g/mol. The Morgan fingerprint density at radius 2 is 1.64 bits per heavy atom. The average Bonchev–Trinajstić information content (AvgIpc) is 2.65. The molecule has 0 spiro atoms. The second-order valence-electron chi connectivity index (χ2n) is 8.72. The fourth-order valence-corrected chi connectivity index (χ4v) is 5.95. The standard InChI is InChI=1S/C21H26ClN3O3/c22-17-3-1-2-16(9-17)19(27)25-24-18(26)4-5-23-20(28)21-10-13-6-14(11-21)8-15(7-13)12-21/h1-3,9,13-15H,4-8,10-12H2,(H,23,28)(H,24,26)(H,25,27). The van der Waals surface area contributed by atoms with E-state index in [1.165, 1.54) is 25.3 Å². The van der Waals surface area contributed by atoms with Crippen LogP contribution in [0.3, 0.4) is 0 Å². The van der Waals surface area contributed by atoms with Crippen molar-refractivity contribution >= 4 is 29.3 Å². The zero-order valence-corrected chi connectivity index (χ0v) is 16.6. The largest absolute Gasteiger partial charge is 0.355 e. The maximum Gasteiger partial charge on any atom is 0.269 e. The topological polar surface area (TPSA) is 87.3 Å². The molecule has 28 heavy (non-hydrogen) atoms. The maximum absolute atomic E-state index is 12.8. The third-order valence-electron chi connectivity index (χ3n) is 6.56. The Morgan fingerprint density at radius 1 is 1.00 bits per heavy atom. The normalized spacial score (nSPS) is 30.0. The van der Waals surface area contributed by atoms with E-state index < -0.39 is 5.91 Å². The Kier molecular flexibility index (Phi) is 5.32. The van der Waals surface area contributed by atoms with Crippen molar-refractivity contribution < 1.29 is 14.4 Å². The van der Waals surface area contributed by atoms with Crippen LogP contribution in [0.2, 0.25) is 5.02 Å². The molecule has 4 aliphatic rings. The first kappa shape index (κ1) is 19.2. The number of carbonyl (C=O) groups is 3. The second-order valence-corrected chi connectivity index (χ2v) is 9.15. The van der Waals surface area contributed by atoms with Crippen LogP contribution in [0.15, 0.2) is 24.3 Å². The van der Waals surface area contributed by atoms with Gasteiger partial charge in [0.25, 0.3) is 5.91 Å². The SMILES string of the molecule is O=C(CCNC(=O)C12CC3CC(CC(C3)C1)C2)NNC(=O)c1cccc(Cl)c1. The predicted octanol–water partition coefficient (Wildman–Crippen LogP) is 2.82. The first-order valence-electron chi connectivity index (χ1n) is 10.1. The lowest BCUT2D eigenvalue weighted by Crippen LogP contribution is -2.54. The van der Waals surface area contributed by atoms with Gasteiger partial charge in [0.2, 0.25) is 11.8 Å². The van der Waals surface area contributed by atoms with E-state index in [1.54, 1.807) is 18.2 Å². The highest BCUT2D eigenvalue weighted by Crippen LogP contribution is 2.60. The van der Waals surface area contributed by atoms with Crippen LogP contribution in [0.1, 0.15) is 55.3 Å². The van der Waals surface area contributed by atoms with Gasteiger partial charge in [-0.05, 0) is 74.5 Å². The highest BCUT2D eigenvalue weighted by Gasteiger charge is 2.54. The van der Waals surface area contributed by atoms with E-state index in [0.717, 1.165) is 19.3 Å². The van der Waals surface area contributed by atoms with Crippen molar-refractivity contribution in [2.45, 2.75) is 44.9 Å². The fraction of sp³-hybridized carbons (Fsp3) is 0.571. The molecule has 0 unspecified atom stereocenters. The number of hydrogen-bond acceptors (Lipinski definition) is 3. The van der Waals surface area contributed by atoms with Gasteiger partial charge in [-0.2, -0.15) is 0 Å². The molecule has 7 heteroatoms. The summed E-state index contributed by atoms with van der Waals surface area (Å²) in [7, 11) is 0. The lowest BCUT2D eigenvalue weighted by atomic mass is 9.49. The number of nitrogens with one attached hydrogen (secondary N) is 3. The molecule has 0 aliphatic heterocycles. The summed E-state index contributed by atoms with van der Waals surface area (Å²) in [5.74, 6) is 1.46. The van der Waals surface area contributed by atoms with Gasteiger partial charge in [0.15, 0.2) is 0 Å². The van der Waals surface area contributed by atoms with E-state index >= 15 is 0 Å². The van der Waals surface area contributed by atoms with Gasteiger partial charge in [-0.3, -0.25) is 25.2 Å². The third-order valence-corrected chi connectivity index (χ3v) is 6.79. The summed E-state index contributed by atoms with van der Waals surface area (Å²) in [5.41, 5.74) is 4.90. The smallest absolute Gasteiger partial charge is 0.269 e. The molecule has 6 nitrogen and oxygen atoms in total. The van der Waals surface area contributed by atoms with Crippen molar-refractivity contribution in [3.8, 4) is 0 Å². The molecule has 4 saturated carbocycles. The van der Waals surface area contributed by atoms with Gasteiger partial charge < -0.3 is 5.32 Å². The minimum absolute atomic E-state index is 0.113. The van der Waals surface area contributed by atoms with Gasteiger partial charge in [0.1, 0.15) is 0 Å². The van der Waals surface area contributed by atoms with Crippen LogP contribution in [-0.4, -0.2) is 24.3 Å². The Labute approximate surface area is 169 Å². The zero-order valence-electron chi connectivity index (χ0n) is 15.8. The number of carbonyl (C=O) groups excluding carboxylic acids is 3. The molecule has 1 aromatic rings. The third kappa shape index (κ3) is 4.02. The predicted molar refractivity (Wildman–Crippen MR) is 105 cm³/mol. The van der Waals surface area contributed by atoms with Gasteiger partial charge >= 0.3 is 0 Å². The molecule has 0 saturated heterocycles. The summed E-state index contributed by atoms with van der Waals surface area (Å²) in [4.78, 5) is 36.8. The fourth-order valence-electron chi connectivity index (χ4n) is 5.76. The second kappa shape index (κ2) is 7.74. The summed E-state index contributed by atoms with van der Waals surface area (Å²) in [6.07, 6.45) is 7.02. The van der Waals surface area contributed by atoms with Crippen LogP contribution in [0.5, 0.6) is 0 Å². The minimum Gasteiger partial charge on any atom is -0.355 e. The lowest BCUT2D eigenvalue weighted by molar-refractivity contribution is -0.146. The van der Waals surface area contributed by atoms with Gasteiger partial charge in [-0.1, -0.05) is 17.7 Å². The number of amides is 3. The van der Waals surface area contributed by atoms with Crippen LogP contribution >= 0.6 is 11.6 Å².